The number of sulfonamides is 1. The number of piperidine rings is 1. The number of nitrogens with zero attached hydrogens (tertiary/aromatic N) is 1. The molecule has 0 radical (unpaired) electrons. The third-order valence-electron chi connectivity index (χ3n) is 4.59. The maximum Gasteiger partial charge on any atom is 0.227 e. The standard InChI is InChI=1S/C19H20BrFN2O3S/c20-16-3-1-14(2-4-16)13-27(25,26)23-11-9-15(10-12-23)19(24)22-18-7-5-17(21)6-8-18/h1-8,15H,9-13H2,(H,22,24). The zero-order valence-electron chi connectivity index (χ0n) is 14.6. The highest BCUT2D eigenvalue weighted by molar-refractivity contribution is 9.10. The van der Waals surface area contributed by atoms with Crippen molar-refractivity contribution in [3.63, 3.8) is 0 Å². The maximum absolute atomic E-state index is 12.9. The smallest absolute Gasteiger partial charge is 0.227 e. The van der Waals surface area contributed by atoms with Gasteiger partial charge in [-0.3, -0.25) is 4.79 Å². The Morgan fingerprint density at radius 2 is 1.67 bits per heavy atom. The van der Waals surface area contributed by atoms with Gasteiger partial charge in [0, 0.05) is 29.2 Å². The van der Waals surface area contributed by atoms with Crippen molar-refractivity contribution in [2.24, 2.45) is 5.92 Å². The first-order chi connectivity index (χ1) is 12.8. The van der Waals surface area contributed by atoms with Crippen molar-refractivity contribution in [3.8, 4) is 0 Å². The zero-order chi connectivity index (χ0) is 19.4. The van der Waals surface area contributed by atoms with E-state index in [0.717, 1.165) is 10.0 Å². The molecule has 0 atom stereocenters. The number of carbonyl (C=O) groups excluding carboxylic acids is 1. The lowest BCUT2D eigenvalue weighted by molar-refractivity contribution is -0.120. The lowest BCUT2D eigenvalue weighted by Crippen LogP contribution is -2.41. The fourth-order valence-corrected chi connectivity index (χ4v) is 4.88. The van der Waals surface area contributed by atoms with E-state index in [4.69, 9.17) is 0 Å². The van der Waals surface area contributed by atoms with Crippen LogP contribution in [-0.2, 0) is 20.6 Å². The number of rotatable bonds is 5. The molecule has 0 spiro atoms. The second-order valence-corrected chi connectivity index (χ2v) is 9.44. The van der Waals surface area contributed by atoms with Crippen LogP contribution in [0.2, 0.25) is 0 Å². The quantitative estimate of drug-likeness (QED) is 0.747. The first-order valence-corrected chi connectivity index (χ1v) is 11.0. The molecule has 0 saturated carbocycles. The summed E-state index contributed by atoms with van der Waals surface area (Å²) in [4.78, 5) is 12.4. The second-order valence-electron chi connectivity index (χ2n) is 6.55. The van der Waals surface area contributed by atoms with Crippen LogP contribution >= 0.6 is 15.9 Å². The minimum atomic E-state index is -3.42. The number of anilines is 1. The Balaban J connectivity index is 1.55. The molecule has 0 aromatic heterocycles. The average molecular weight is 455 g/mol. The van der Waals surface area contributed by atoms with Gasteiger partial charge < -0.3 is 5.32 Å². The fourth-order valence-electron chi connectivity index (χ4n) is 3.06. The number of carbonyl (C=O) groups is 1. The van der Waals surface area contributed by atoms with E-state index < -0.39 is 10.0 Å². The lowest BCUT2D eigenvalue weighted by Gasteiger charge is -2.30. The van der Waals surface area contributed by atoms with Crippen LogP contribution in [0.25, 0.3) is 0 Å². The first-order valence-electron chi connectivity index (χ1n) is 8.62. The van der Waals surface area contributed by atoms with E-state index in [1.807, 2.05) is 12.1 Å². The monoisotopic (exact) mass is 454 g/mol. The van der Waals surface area contributed by atoms with E-state index in [1.165, 1.54) is 28.6 Å². The maximum atomic E-state index is 12.9. The Kier molecular flexibility index (Phi) is 6.29. The van der Waals surface area contributed by atoms with Crippen LogP contribution in [0, 0.1) is 11.7 Å². The highest BCUT2D eigenvalue weighted by Crippen LogP contribution is 2.23. The predicted octanol–water partition coefficient (Wildman–Crippen LogP) is 3.77. The van der Waals surface area contributed by atoms with Crippen LogP contribution in [0.15, 0.2) is 53.0 Å². The molecule has 1 aliphatic rings. The molecule has 0 unspecified atom stereocenters. The van der Waals surface area contributed by atoms with Gasteiger partial charge in [0.15, 0.2) is 0 Å². The molecule has 27 heavy (non-hydrogen) atoms. The van der Waals surface area contributed by atoms with E-state index >= 15 is 0 Å². The van der Waals surface area contributed by atoms with Gasteiger partial charge >= 0.3 is 0 Å². The number of nitrogens with one attached hydrogen (secondary N) is 1. The SMILES string of the molecule is O=C(Nc1ccc(F)cc1)C1CCN(S(=O)(=O)Cc2ccc(Br)cc2)CC1. The molecule has 2 aromatic carbocycles. The first kappa shape index (κ1) is 20.0. The molecule has 1 N–H and O–H groups in total. The van der Waals surface area contributed by atoms with E-state index in [1.54, 1.807) is 12.1 Å². The number of hydrogen-bond donors (Lipinski definition) is 1. The van der Waals surface area contributed by atoms with Crippen LogP contribution in [0.1, 0.15) is 18.4 Å². The van der Waals surface area contributed by atoms with Gasteiger partial charge in [-0.15, -0.1) is 0 Å². The van der Waals surface area contributed by atoms with Gasteiger partial charge in [-0.05, 0) is 54.8 Å². The minimum Gasteiger partial charge on any atom is -0.326 e. The molecule has 1 fully saturated rings. The van der Waals surface area contributed by atoms with E-state index in [9.17, 15) is 17.6 Å². The molecule has 1 saturated heterocycles. The van der Waals surface area contributed by atoms with Crippen molar-refractivity contribution in [2.75, 3.05) is 18.4 Å². The third kappa shape index (κ3) is 5.37. The molecule has 1 heterocycles. The molecule has 144 valence electrons. The number of hydrogen-bond acceptors (Lipinski definition) is 3. The van der Waals surface area contributed by atoms with Crippen LogP contribution in [0.3, 0.4) is 0 Å². The molecule has 1 aliphatic heterocycles. The number of amides is 1. The topological polar surface area (TPSA) is 66.5 Å². The summed E-state index contributed by atoms with van der Waals surface area (Å²) >= 11 is 3.33. The van der Waals surface area contributed by atoms with Gasteiger partial charge in [-0.25, -0.2) is 17.1 Å². The fraction of sp³-hybridized carbons (Fsp3) is 0.316. The van der Waals surface area contributed by atoms with E-state index in [-0.39, 0.29) is 23.4 Å². The molecule has 5 nitrogen and oxygen atoms in total. The molecular formula is C19H20BrFN2O3S. The second kappa shape index (κ2) is 8.50. The van der Waals surface area contributed by atoms with Crippen LogP contribution in [-0.4, -0.2) is 31.7 Å². The van der Waals surface area contributed by atoms with Crippen molar-refractivity contribution in [1.82, 2.24) is 4.31 Å². The molecule has 0 bridgehead atoms. The average Bonchev–Trinajstić information content (AvgIpc) is 2.65. The van der Waals surface area contributed by atoms with Crippen LogP contribution in [0.5, 0.6) is 0 Å². The van der Waals surface area contributed by atoms with Gasteiger partial charge in [0.1, 0.15) is 5.82 Å². The summed E-state index contributed by atoms with van der Waals surface area (Å²) in [5, 5.41) is 2.76. The molecular weight excluding hydrogens is 435 g/mol. The lowest BCUT2D eigenvalue weighted by atomic mass is 9.97. The highest BCUT2D eigenvalue weighted by Gasteiger charge is 2.31. The third-order valence-corrected chi connectivity index (χ3v) is 6.97. The highest BCUT2D eigenvalue weighted by atomic mass is 79.9. The Bertz CT molecular complexity index is 894. The van der Waals surface area contributed by atoms with Crippen molar-refractivity contribution in [1.29, 1.82) is 0 Å². The molecule has 0 aliphatic carbocycles. The minimum absolute atomic E-state index is 0.0489. The normalized spacial score (nSPS) is 16.2. The number of benzene rings is 2. The van der Waals surface area contributed by atoms with E-state index in [2.05, 4.69) is 21.2 Å². The van der Waals surface area contributed by atoms with Gasteiger partial charge in [0.2, 0.25) is 15.9 Å². The summed E-state index contributed by atoms with van der Waals surface area (Å²) in [6.07, 6.45) is 0.930. The molecule has 1 amide bonds. The Hall–Kier alpha value is -1.77. The van der Waals surface area contributed by atoms with Crippen molar-refractivity contribution in [2.45, 2.75) is 18.6 Å². The predicted molar refractivity (Wildman–Crippen MR) is 106 cm³/mol. The summed E-state index contributed by atoms with van der Waals surface area (Å²) < 4.78 is 40.5. The van der Waals surface area contributed by atoms with Crippen molar-refractivity contribution < 1.29 is 17.6 Å². The van der Waals surface area contributed by atoms with Gasteiger partial charge in [0.05, 0.1) is 5.75 Å². The van der Waals surface area contributed by atoms with E-state index in [0.29, 0.717) is 31.6 Å². The largest absolute Gasteiger partial charge is 0.326 e. The Labute approximate surface area is 166 Å². The van der Waals surface area contributed by atoms with Gasteiger partial charge in [-0.2, -0.15) is 0 Å². The summed E-state index contributed by atoms with van der Waals surface area (Å²) in [5.41, 5.74) is 1.26. The van der Waals surface area contributed by atoms with Crippen LogP contribution in [0.4, 0.5) is 10.1 Å². The van der Waals surface area contributed by atoms with Gasteiger partial charge in [0.25, 0.3) is 0 Å². The van der Waals surface area contributed by atoms with Crippen molar-refractivity contribution >= 4 is 37.5 Å². The molecule has 3 rings (SSSR count). The number of halogens is 2. The van der Waals surface area contributed by atoms with Crippen LogP contribution < -0.4 is 5.32 Å². The van der Waals surface area contributed by atoms with Gasteiger partial charge in [-0.1, -0.05) is 28.1 Å². The Morgan fingerprint density at radius 3 is 2.26 bits per heavy atom. The summed E-state index contributed by atoms with van der Waals surface area (Å²) in [5.74, 6) is -0.828. The summed E-state index contributed by atoms with van der Waals surface area (Å²) in [7, 11) is -3.42. The van der Waals surface area contributed by atoms with Crippen molar-refractivity contribution in [3.05, 3.63) is 64.4 Å². The summed E-state index contributed by atoms with van der Waals surface area (Å²) in [6.45, 7) is 0.640. The molecule has 2 aromatic rings. The molecule has 8 heteroatoms. The zero-order valence-corrected chi connectivity index (χ0v) is 17.0. The Morgan fingerprint density at radius 1 is 1.07 bits per heavy atom. The summed E-state index contributed by atoms with van der Waals surface area (Å²) in [6, 6.07) is 12.8.